The summed E-state index contributed by atoms with van der Waals surface area (Å²) in [7, 11) is 0. The summed E-state index contributed by atoms with van der Waals surface area (Å²) in [5, 5.41) is 2.44. The summed E-state index contributed by atoms with van der Waals surface area (Å²) in [6, 6.07) is 17.4. The second-order valence-electron chi connectivity index (χ2n) is 2.26. The maximum Gasteiger partial charge on any atom is -0.00992 e. The van der Waals surface area contributed by atoms with E-state index in [0.717, 1.165) is 0 Å². The molecule has 2 aromatic rings. The van der Waals surface area contributed by atoms with Crippen LogP contribution in [-0.4, -0.2) is 5.48 Å². The zero-order valence-corrected chi connectivity index (χ0v) is 6.04. The quantitative estimate of drug-likeness (QED) is 0.541. The lowest BCUT2D eigenvalue weighted by molar-refractivity contribution is 0.824. The van der Waals surface area contributed by atoms with Crippen molar-refractivity contribution in [1.82, 2.24) is 0 Å². The Balaban J connectivity index is 0.000000605. The molecule has 0 aromatic heterocycles. The Labute approximate surface area is 65.6 Å². The van der Waals surface area contributed by atoms with E-state index < -0.39 is 0 Å². The normalized spacial score (nSPS) is 9.09. The standard InChI is InChI=1S/C10H7.H2O/c1-2-6-10-8-4-3-7-9(10)5-1;/h1-7H;1H2. The van der Waals surface area contributed by atoms with E-state index in [1.165, 1.54) is 10.8 Å². The molecule has 0 spiro atoms. The summed E-state index contributed by atoms with van der Waals surface area (Å²) >= 11 is 0. The minimum absolute atomic E-state index is 0. The van der Waals surface area contributed by atoms with Crippen LogP contribution in [0.5, 0.6) is 0 Å². The molecule has 1 radical (unpaired) electrons. The van der Waals surface area contributed by atoms with Crippen molar-refractivity contribution >= 4 is 10.8 Å². The fourth-order valence-corrected chi connectivity index (χ4v) is 1.06. The van der Waals surface area contributed by atoms with Gasteiger partial charge in [-0.25, -0.2) is 0 Å². The van der Waals surface area contributed by atoms with Gasteiger partial charge in [0.25, 0.3) is 0 Å². The third kappa shape index (κ3) is 1.38. The van der Waals surface area contributed by atoms with Gasteiger partial charge in [0.2, 0.25) is 0 Å². The van der Waals surface area contributed by atoms with Crippen molar-refractivity contribution in [2.45, 2.75) is 0 Å². The van der Waals surface area contributed by atoms with Gasteiger partial charge in [-0.15, -0.1) is 0 Å². The molecule has 1 nitrogen and oxygen atoms in total. The molecule has 0 atom stereocenters. The van der Waals surface area contributed by atoms with Gasteiger partial charge in [0.15, 0.2) is 0 Å². The maximum atomic E-state index is 3.15. The SMILES string of the molecule is O.[c]1cccc2ccccc12. The lowest BCUT2D eigenvalue weighted by atomic mass is 10.1. The van der Waals surface area contributed by atoms with Crippen LogP contribution in [0.25, 0.3) is 10.8 Å². The van der Waals surface area contributed by atoms with Gasteiger partial charge in [0.1, 0.15) is 0 Å². The monoisotopic (exact) mass is 145 g/mol. The molecule has 0 unspecified atom stereocenters. The van der Waals surface area contributed by atoms with Gasteiger partial charge in [-0.05, 0) is 16.8 Å². The average molecular weight is 145 g/mol. The van der Waals surface area contributed by atoms with E-state index in [9.17, 15) is 0 Å². The van der Waals surface area contributed by atoms with Gasteiger partial charge in [0.05, 0.1) is 0 Å². The molecular weight excluding hydrogens is 136 g/mol. The summed E-state index contributed by atoms with van der Waals surface area (Å²) in [4.78, 5) is 0. The first-order valence-corrected chi connectivity index (χ1v) is 3.32. The van der Waals surface area contributed by atoms with Crippen LogP contribution in [-0.2, 0) is 0 Å². The molecule has 55 valence electrons. The molecule has 2 N–H and O–H groups in total. The molecule has 0 fully saturated rings. The number of rotatable bonds is 0. The molecule has 1 heteroatoms. The van der Waals surface area contributed by atoms with E-state index in [4.69, 9.17) is 0 Å². The van der Waals surface area contributed by atoms with Crippen molar-refractivity contribution < 1.29 is 5.48 Å². The molecule has 0 saturated heterocycles. The van der Waals surface area contributed by atoms with Crippen LogP contribution < -0.4 is 0 Å². The number of hydrogen-bond acceptors (Lipinski definition) is 0. The summed E-state index contributed by atoms with van der Waals surface area (Å²) in [6.45, 7) is 0. The Morgan fingerprint density at radius 3 is 2.45 bits per heavy atom. The zero-order valence-electron chi connectivity index (χ0n) is 6.04. The second-order valence-corrected chi connectivity index (χ2v) is 2.26. The average Bonchev–Trinajstić information content (AvgIpc) is 2.05. The highest BCUT2D eigenvalue weighted by molar-refractivity contribution is 5.81. The van der Waals surface area contributed by atoms with Crippen LogP contribution in [0.3, 0.4) is 0 Å². The van der Waals surface area contributed by atoms with Crippen molar-refractivity contribution in [2.24, 2.45) is 0 Å². The Kier molecular flexibility index (Phi) is 2.24. The molecule has 2 aromatic carbocycles. The van der Waals surface area contributed by atoms with Crippen molar-refractivity contribution in [2.75, 3.05) is 0 Å². The molecule has 0 aliphatic heterocycles. The second kappa shape index (κ2) is 3.17. The summed E-state index contributed by atoms with van der Waals surface area (Å²) in [5.41, 5.74) is 0. The zero-order chi connectivity index (χ0) is 6.81. The molecule has 0 amide bonds. The highest BCUT2D eigenvalue weighted by atomic mass is 16.0. The molecule has 0 bridgehead atoms. The first-order valence-electron chi connectivity index (χ1n) is 3.32. The van der Waals surface area contributed by atoms with Crippen LogP contribution in [0.1, 0.15) is 0 Å². The molecule has 11 heavy (non-hydrogen) atoms. The third-order valence-corrected chi connectivity index (χ3v) is 1.57. The summed E-state index contributed by atoms with van der Waals surface area (Å²) < 4.78 is 0. The molecule has 2 rings (SSSR count). The largest absolute Gasteiger partial charge is 0.412 e. The summed E-state index contributed by atoms with van der Waals surface area (Å²) in [6.07, 6.45) is 0. The fourth-order valence-electron chi connectivity index (χ4n) is 1.06. The highest BCUT2D eigenvalue weighted by Gasteiger charge is 1.85. The molecular formula is C10H9O. The van der Waals surface area contributed by atoms with Crippen molar-refractivity contribution in [3.8, 4) is 0 Å². The van der Waals surface area contributed by atoms with Gasteiger partial charge >= 0.3 is 0 Å². The Morgan fingerprint density at radius 1 is 0.909 bits per heavy atom. The van der Waals surface area contributed by atoms with Crippen LogP contribution in [0, 0.1) is 6.07 Å². The highest BCUT2D eigenvalue weighted by Crippen LogP contribution is 2.10. The van der Waals surface area contributed by atoms with Crippen LogP contribution >= 0.6 is 0 Å². The van der Waals surface area contributed by atoms with E-state index in [1.807, 2.05) is 24.3 Å². The fraction of sp³-hybridized carbons (Fsp3) is 0. The van der Waals surface area contributed by atoms with Crippen LogP contribution in [0.4, 0.5) is 0 Å². The molecule has 0 heterocycles. The minimum Gasteiger partial charge on any atom is -0.412 e. The number of hydrogen-bond donors (Lipinski definition) is 0. The Hall–Kier alpha value is -1.34. The van der Waals surface area contributed by atoms with Crippen molar-refractivity contribution in [1.29, 1.82) is 0 Å². The number of benzene rings is 2. The smallest absolute Gasteiger partial charge is 0.00992 e. The Morgan fingerprint density at radius 2 is 1.64 bits per heavy atom. The number of fused-ring (bicyclic) bond motifs is 1. The summed E-state index contributed by atoms with van der Waals surface area (Å²) in [5.74, 6) is 0. The predicted molar refractivity (Wildman–Crippen MR) is 46.4 cm³/mol. The van der Waals surface area contributed by atoms with E-state index in [2.05, 4.69) is 24.3 Å². The Bertz CT molecular complexity index is 276. The lowest BCUT2D eigenvalue weighted by Crippen LogP contribution is -1.67. The lowest BCUT2D eigenvalue weighted by Gasteiger charge is -1.91. The van der Waals surface area contributed by atoms with Gasteiger partial charge in [-0.2, -0.15) is 0 Å². The van der Waals surface area contributed by atoms with E-state index in [-0.39, 0.29) is 5.48 Å². The first-order chi connectivity index (χ1) is 4.97. The first kappa shape index (κ1) is 7.76. The van der Waals surface area contributed by atoms with Gasteiger partial charge in [-0.3, -0.25) is 0 Å². The van der Waals surface area contributed by atoms with Crippen molar-refractivity contribution in [3.05, 3.63) is 48.5 Å². The van der Waals surface area contributed by atoms with Crippen LogP contribution in [0.15, 0.2) is 42.5 Å². The van der Waals surface area contributed by atoms with E-state index in [0.29, 0.717) is 0 Å². The topological polar surface area (TPSA) is 31.5 Å². The molecule has 0 aliphatic rings. The molecule has 0 aliphatic carbocycles. The third-order valence-electron chi connectivity index (χ3n) is 1.57. The van der Waals surface area contributed by atoms with E-state index in [1.54, 1.807) is 0 Å². The van der Waals surface area contributed by atoms with Gasteiger partial charge in [-0.1, -0.05) is 42.5 Å². The predicted octanol–water partition coefficient (Wildman–Crippen LogP) is 1.82. The maximum absolute atomic E-state index is 3.15. The van der Waals surface area contributed by atoms with Gasteiger partial charge in [0, 0.05) is 0 Å². The van der Waals surface area contributed by atoms with Crippen LogP contribution in [0.2, 0.25) is 0 Å². The van der Waals surface area contributed by atoms with Gasteiger partial charge < -0.3 is 5.48 Å². The van der Waals surface area contributed by atoms with Crippen molar-refractivity contribution in [3.63, 3.8) is 0 Å². The molecule has 0 saturated carbocycles. The van der Waals surface area contributed by atoms with E-state index >= 15 is 0 Å². The minimum atomic E-state index is 0.